The first-order chi connectivity index (χ1) is 17.7. The molecule has 2 aromatic heterocycles. The van der Waals surface area contributed by atoms with E-state index in [2.05, 4.69) is 20.2 Å². The highest BCUT2D eigenvalue weighted by atomic mass is 19.4. The number of aliphatic hydroxyl groups is 2. The molecule has 0 aliphatic carbocycles. The van der Waals surface area contributed by atoms with Gasteiger partial charge in [0, 0.05) is 24.7 Å². The number of aromatic nitrogens is 2. The summed E-state index contributed by atoms with van der Waals surface area (Å²) in [6.07, 6.45) is -4.84. The Kier molecular flexibility index (Phi) is 6.61. The van der Waals surface area contributed by atoms with Crippen LogP contribution < -0.4 is 19.9 Å². The summed E-state index contributed by atoms with van der Waals surface area (Å²) < 4.78 is 45.1. The fraction of sp³-hybridized carbons (Fsp3) is 0.320. The summed E-state index contributed by atoms with van der Waals surface area (Å²) in [7, 11) is 0. The van der Waals surface area contributed by atoms with Gasteiger partial charge >= 0.3 is 12.2 Å². The van der Waals surface area contributed by atoms with Crippen LogP contribution in [-0.2, 0) is 6.18 Å². The minimum Gasteiger partial charge on any atom is -0.475 e. The number of carbonyl (C=O) groups is 1. The van der Waals surface area contributed by atoms with Crippen molar-refractivity contribution in [3.05, 3.63) is 60.2 Å². The van der Waals surface area contributed by atoms with Gasteiger partial charge in [0.1, 0.15) is 18.5 Å². The van der Waals surface area contributed by atoms with Crippen LogP contribution in [0.2, 0.25) is 0 Å². The van der Waals surface area contributed by atoms with Gasteiger partial charge in [0.05, 0.1) is 29.6 Å². The number of nitrogens with one attached hydrogen (secondary N) is 1. The molecule has 2 aliphatic rings. The number of halogens is 3. The Bertz CT molecular complexity index is 1310. The van der Waals surface area contributed by atoms with Crippen LogP contribution in [0.15, 0.2) is 54.6 Å². The lowest BCUT2D eigenvalue weighted by Crippen LogP contribution is -2.48. The van der Waals surface area contributed by atoms with E-state index in [-0.39, 0.29) is 24.3 Å². The molecule has 3 N–H and O–H groups in total. The van der Waals surface area contributed by atoms with Crippen molar-refractivity contribution in [2.75, 3.05) is 41.4 Å². The number of alkyl halides is 3. The van der Waals surface area contributed by atoms with E-state index >= 15 is 0 Å². The van der Waals surface area contributed by atoms with Crippen molar-refractivity contribution in [1.82, 2.24) is 9.97 Å². The number of pyridine rings is 2. The molecule has 0 radical (unpaired) electrons. The number of aliphatic hydroxyl groups excluding tert-OH is 2. The first-order valence-corrected chi connectivity index (χ1v) is 11.7. The third kappa shape index (κ3) is 5.16. The van der Waals surface area contributed by atoms with E-state index in [1.54, 1.807) is 36.4 Å². The van der Waals surface area contributed by atoms with Crippen molar-refractivity contribution in [2.24, 2.45) is 0 Å². The van der Waals surface area contributed by atoms with E-state index in [4.69, 9.17) is 9.84 Å². The van der Waals surface area contributed by atoms with E-state index in [9.17, 15) is 23.1 Å². The zero-order valence-corrected chi connectivity index (χ0v) is 19.5. The highest BCUT2D eigenvalue weighted by Gasteiger charge is 2.40. The van der Waals surface area contributed by atoms with Crippen molar-refractivity contribution in [3.63, 3.8) is 0 Å². The number of hydrogen-bond acceptors (Lipinski definition) is 7. The number of anilines is 3. The van der Waals surface area contributed by atoms with Gasteiger partial charge in [-0.3, -0.25) is 10.2 Å². The normalized spacial score (nSPS) is 17.4. The highest BCUT2D eigenvalue weighted by molar-refractivity contribution is 6.04. The SMILES string of the molecule is O=C(Nc1cccc(OC[C@H](O)CO)n1)N1c2nc(-c3cccc(C(F)(F)F)c3)ccc2N2CC[C@H]1C2. The van der Waals surface area contributed by atoms with Crippen molar-refractivity contribution in [1.29, 1.82) is 0 Å². The lowest BCUT2D eigenvalue weighted by atomic mass is 10.1. The number of hydrogen-bond donors (Lipinski definition) is 3. The summed E-state index contributed by atoms with van der Waals surface area (Å²) >= 11 is 0. The third-order valence-electron chi connectivity index (χ3n) is 6.25. The maximum atomic E-state index is 13.4. The topological polar surface area (TPSA) is 111 Å². The molecule has 194 valence electrons. The molecule has 1 aromatic carbocycles. The largest absolute Gasteiger partial charge is 0.475 e. The summed E-state index contributed by atoms with van der Waals surface area (Å²) in [4.78, 5) is 25.9. The molecule has 1 saturated heterocycles. The van der Waals surface area contributed by atoms with Gasteiger partial charge in [0.15, 0.2) is 5.82 Å². The monoisotopic (exact) mass is 515 g/mol. The molecule has 2 amide bonds. The Hall–Kier alpha value is -3.90. The van der Waals surface area contributed by atoms with Gasteiger partial charge in [-0.2, -0.15) is 18.2 Å². The Balaban J connectivity index is 1.42. The fourth-order valence-corrected chi connectivity index (χ4v) is 4.46. The fourth-order valence-electron chi connectivity index (χ4n) is 4.46. The van der Waals surface area contributed by atoms with Crippen LogP contribution >= 0.6 is 0 Å². The number of rotatable bonds is 6. The summed E-state index contributed by atoms with van der Waals surface area (Å²) in [5, 5.41) is 21.1. The van der Waals surface area contributed by atoms with Gasteiger partial charge in [-0.05, 0) is 36.8 Å². The molecular formula is C25H24F3N5O4. The number of fused-ring (bicyclic) bond motifs is 4. The average Bonchev–Trinajstić information content (AvgIpc) is 3.31. The minimum absolute atomic E-state index is 0.154. The Morgan fingerprint density at radius 1 is 1.16 bits per heavy atom. The molecule has 9 nitrogen and oxygen atoms in total. The standard InChI is InChI=1S/C25H24F3N5O4/c26-25(27,28)16-4-1-3-15(11-16)19-7-8-20-23(29-19)33(17-9-10-32(20)12-17)24(36)31-21-5-2-6-22(30-21)37-14-18(35)13-34/h1-8,11,17-18,34-35H,9-10,12-14H2,(H,30,31,36)/t17-,18+/m0/s1. The first kappa shape index (κ1) is 24.8. The highest BCUT2D eigenvalue weighted by Crippen LogP contribution is 2.41. The maximum Gasteiger partial charge on any atom is 0.416 e. The Labute approximate surface area is 210 Å². The van der Waals surface area contributed by atoms with E-state index in [0.717, 1.165) is 24.4 Å². The van der Waals surface area contributed by atoms with Gasteiger partial charge in [-0.25, -0.2) is 9.78 Å². The zero-order chi connectivity index (χ0) is 26.2. The zero-order valence-electron chi connectivity index (χ0n) is 19.5. The number of urea groups is 1. The summed E-state index contributed by atoms with van der Waals surface area (Å²) in [5.41, 5.74) is 0.564. The Morgan fingerprint density at radius 2 is 1.97 bits per heavy atom. The molecule has 2 aliphatic heterocycles. The van der Waals surface area contributed by atoms with E-state index in [1.165, 1.54) is 11.0 Å². The number of carbonyl (C=O) groups excluding carboxylic acids is 1. The van der Waals surface area contributed by atoms with Crippen LogP contribution in [0, 0.1) is 0 Å². The van der Waals surface area contributed by atoms with Crippen LogP contribution in [-0.4, -0.2) is 64.7 Å². The molecule has 1 fully saturated rings. The number of benzene rings is 1. The summed E-state index contributed by atoms with van der Waals surface area (Å²) in [6, 6.07) is 12.5. The van der Waals surface area contributed by atoms with Crippen molar-refractivity contribution in [3.8, 4) is 17.1 Å². The molecule has 37 heavy (non-hydrogen) atoms. The molecule has 2 atom stereocenters. The summed E-state index contributed by atoms with van der Waals surface area (Å²) in [5.74, 6) is 0.720. The van der Waals surface area contributed by atoms with Gasteiger partial charge in [0.25, 0.3) is 0 Å². The van der Waals surface area contributed by atoms with Crippen LogP contribution in [0.5, 0.6) is 5.88 Å². The lowest BCUT2D eigenvalue weighted by Gasteiger charge is -2.35. The molecule has 0 unspecified atom stereocenters. The van der Waals surface area contributed by atoms with Crippen LogP contribution in [0.4, 0.5) is 35.3 Å². The molecular weight excluding hydrogens is 491 g/mol. The van der Waals surface area contributed by atoms with E-state index in [0.29, 0.717) is 30.0 Å². The molecule has 0 spiro atoms. The molecule has 12 heteroatoms. The van der Waals surface area contributed by atoms with Gasteiger partial charge in [-0.1, -0.05) is 18.2 Å². The molecule has 0 saturated carbocycles. The lowest BCUT2D eigenvalue weighted by molar-refractivity contribution is -0.137. The van der Waals surface area contributed by atoms with E-state index in [1.807, 2.05) is 0 Å². The molecule has 4 heterocycles. The van der Waals surface area contributed by atoms with Crippen molar-refractivity contribution < 1.29 is 32.9 Å². The number of nitrogens with zero attached hydrogens (tertiary/aromatic N) is 4. The first-order valence-electron chi connectivity index (χ1n) is 11.7. The van der Waals surface area contributed by atoms with Crippen LogP contribution in [0.3, 0.4) is 0 Å². The smallest absolute Gasteiger partial charge is 0.416 e. The number of amides is 2. The van der Waals surface area contributed by atoms with Gasteiger partial charge in [-0.15, -0.1) is 0 Å². The van der Waals surface area contributed by atoms with Crippen molar-refractivity contribution in [2.45, 2.75) is 24.7 Å². The predicted octanol–water partition coefficient (Wildman–Crippen LogP) is 3.53. The average molecular weight is 515 g/mol. The molecule has 3 aromatic rings. The molecule has 5 rings (SSSR count). The van der Waals surface area contributed by atoms with Gasteiger partial charge in [0.2, 0.25) is 5.88 Å². The summed E-state index contributed by atoms with van der Waals surface area (Å²) in [6.45, 7) is 0.709. The second-order valence-corrected chi connectivity index (χ2v) is 8.81. The number of ether oxygens (including phenoxy) is 1. The third-order valence-corrected chi connectivity index (χ3v) is 6.25. The van der Waals surface area contributed by atoms with E-state index < -0.39 is 30.5 Å². The predicted molar refractivity (Wildman–Crippen MR) is 130 cm³/mol. The second-order valence-electron chi connectivity index (χ2n) is 8.81. The maximum absolute atomic E-state index is 13.4. The second kappa shape index (κ2) is 9.87. The Morgan fingerprint density at radius 3 is 2.76 bits per heavy atom. The minimum atomic E-state index is -4.48. The van der Waals surface area contributed by atoms with Crippen LogP contribution in [0.1, 0.15) is 12.0 Å². The van der Waals surface area contributed by atoms with Crippen LogP contribution in [0.25, 0.3) is 11.3 Å². The molecule has 2 bridgehead atoms. The van der Waals surface area contributed by atoms with Crippen molar-refractivity contribution >= 4 is 23.4 Å². The van der Waals surface area contributed by atoms with Gasteiger partial charge < -0.3 is 19.8 Å². The quantitative estimate of drug-likeness (QED) is 0.461.